The van der Waals surface area contributed by atoms with Gasteiger partial charge in [-0.1, -0.05) is 24.3 Å². The van der Waals surface area contributed by atoms with Gasteiger partial charge in [-0.25, -0.2) is 5.43 Å². The van der Waals surface area contributed by atoms with Gasteiger partial charge in [0, 0.05) is 5.02 Å². The van der Waals surface area contributed by atoms with Crippen LogP contribution in [-0.2, 0) is 0 Å². The number of amides is 1. The number of rotatable bonds is 7. The Morgan fingerprint density at radius 3 is 2.84 bits per heavy atom. The van der Waals surface area contributed by atoms with E-state index in [9.17, 15) is 9.90 Å². The first-order valence-corrected chi connectivity index (χ1v) is 7.66. The highest BCUT2D eigenvalue weighted by Crippen LogP contribution is 2.27. The van der Waals surface area contributed by atoms with Gasteiger partial charge in [0.1, 0.15) is 12.4 Å². The zero-order valence-electron chi connectivity index (χ0n) is 13.5. The van der Waals surface area contributed by atoms with Crippen molar-refractivity contribution < 1.29 is 19.4 Å². The first-order chi connectivity index (χ1) is 12.0. The molecule has 2 aromatic carbocycles. The molecule has 0 fully saturated rings. The van der Waals surface area contributed by atoms with Gasteiger partial charge in [-0.15, -0.1) is 0 Å². The molecule has 130 valence electrons. The number of hydrogen-bond acceptors (Lipinski definition) is 5. The van der Waals surface area contributed by atoms with Crippen LogP contribution in [0.25, 0.3) is 0 Å². The fourth-order valence-corrected chi connectivity index (χ4v) is 2.12. The molecule has 1 amide bonds. The normalized spacial score (nSPS) is 10.5. The van der Waals surface area contributed by atoms with Gasteiger partial charge in [0.15, 0.2) is 11.5 Å². The van der Waals surface area contributed by atoms with E-state index in [4.69, 9.17) is 21.1 Å². The van der Waals surface area contributed by atoms with Gasteiger partial charge in [-0.05, 0) is 42.0 Å². The summed E-state index contributed by atoms with van der Waals surface area (Å²) in [6.07, 6.45) is 3.08. The van der Waals surface area contributed by atoms with Crippen molar-refractivity contribution >= 4 is 23.7 Å². The number of benzene rings is 2. The maximum atomic E-state index is 12.0. The summed E-state index contributed by atoms with van der Waals surface area (Å²) in [7, 11) is 1.53. The zero-order chi connectivity index (χ0) is 18.2. The maximum Gasteiger partial charge on any atom is 0.275 e. The summed E-state index contributed by atoms with van der Waals surface area (Å²) in [5.74, 6) is 0.355. The molecule has 0 unspecified atom stereocenters. The van der Waals surface area contributed by atoms with E-state index in [1.807, 2.05) is 0 Å². The number of phenolic OH excluding ortho intramolecular Hbond substituents is 1. The third-order valence-corrected chi connectivity index (χ3v) is 3.36. The number of phenols is 1. The van der Waals surface area contributed by atoms with E-state index in [2.05, 4.69) is 17.1 Å². The summed E-state index contributed by atoms with van der Waals surface area (Å²) in [4.78, 5) is 12.0. The molecule has 2 rings (SSSR count). The Hall–Kier alpha value is -2.99. The third kappa shape index (κ3) is 4.99. The van der Waals surface area contributed by atoms with Gasteiger partial charge in [-0.2, -0.15) is 5.10 Å². The van der Waals surface area contributed by atoms with Gasteiger partial charge in [0.2, 0.25) is 0 Å². The zero-order valence-corrected chi connectivity index (χ0v) is 14.3. The quantitative estimate of drug-likeness (QED) is 0.450. The molecule has 0 saturated carbocycles. The minimum atomic E-state index is -0.575. The van der Waals surface area contributed by atoms with Crippen LogP contribution >= 0.6 is 11.6 Å². The van der Waals surface area contributed by atoms with Crippen molar-refractivity contribution in [2.45, 2.75) is 0 Å². The van der Waals surface area contributed by atoms with Crippen LogP contribution in [0.15, 0.2) is 54.2 Å². The van der Waals surface area contributed by atoms with E-state index in [1.54, 1.807) is 24.3 Å². The largest absolute Gasteiger partial charge is 0.507 e. The number of nitrogens with one attached hydrogen (secondary N) is 1. The fourth-order valence-electron chi connectivity index (χ4n) is 1.95. The Labute approximate surface area is 150 Å². The SMILES string of the molecule is C=CCOc1ccc(/C=N\NC(=O)c2cc(Cl)ccc2O)cc1OC. The summed E-state index contributed by atoms with van der Waals surface area (Å²) in [6.45, 7) is 3.95. The number of methoxy groups -OCH3 is 1. The molecule has 0 aliphatic rings. The summed E-state index contributed by atoms with van der Waals surface area (Å²) in [5.41, 5.74) is 3.06. The summed E-state index contributed by atoms with van der Waals surface area (Å²) >= 11 is 5.81. The fraction of sp³-hybridized carbons (Fsp3) is 0.111. The predicted molar refractivity (Wildman–Crippen MR) is 96.9 cm³/mol. The lowest BCUT2D eigenvalue weighted by atomic mass is 10.2. The monoisotopic (exact) mass is 360 g/mol. The van der Waals surface area contributed by atoms with E-state index in [-0.39, 0.29) is 11.3 Å². The van der Waals surface area contributed by atoms with Crippen molar-refractivity contribution in [3.8, 4) is 17.2 Å². The van der Waals surface area contributed by atoms with Crippen LogP contribution in [-0.4, -0.2) is 30.9 Å². The molecular formula is C18H17ClN2O4. The van der Waals surface area contributed by atoms with E-state index >= 15 is 0 Å². The standard InChI is InChI=1S/C18H17ClN2O4/c1-3-8-25-16-7-4-12(9-17(16)24-2)11-20-21-18(23)14-10-13(19)5-6-15(14)22/h3-7,9-11,22H,1,8H2,2H3,(H,21,23)/b20-11-. The number of nitrogens with zero attached hydrogens (tertiary/aromatic N) is 1. The lowest BCUT2D eigenvalue weighted by Gasteiger charge is -2.09. The number of halogens is 1. The summed E-state index contributed by atoms with van der Waals surface area (Å²) in [5, 5.41) is 13.9. The molecule has 0 saturated heterocycles. The van der Waals surface area contributed by atoms with E-state index in [0.29, 0.717) is 28.7 Å². The third-order valence-electron chi connectivity index (χ3n) is 3.13. The Balaban J connectivity index is 2.07. The van der Waals surface area contributed by atoms with Crippen molar-refractivity contribution in [2.75, 3.05) is 13.7 Å². The van der Waals surface area contributed by atoms with Gasteiger partial charge >= 0.3 is 0 Å². The molecule has 0 bridgehead atoms. The molecule has 0 heterocycles. The predicted octanol–water partition coefficient (Wildman–Crippen LogP) is 3.38. The molecule has 0 aliphatic heterocycles. The Morgan fingerprint density at radius 1 is 1.32 bits per heavy atom. The molecule has 0 spiro atoms. The minimum Gasteiger partial charge on any atom is -0.507 e. The topological polar surface area (TPSA) is 80.2 Å². The lowest BCUT2D eigenvalue weighted by molar-refractivity contribution is 0.0952. The van der Waals surface area contributed by atoms with Crippen molar-refractivity contribution in [2.24, 2.45) is 5.10 Å². The van der Waals surface area contributed by atoms with Crippen LogP contribution in [0.3, 0.4) is 0 Å². The molecule has 0 aromatic heterocycles. The Kier molecular flexibility index (Phi) is 6.42. The molecule has 25 heavy (non-hydrogen) atoms. The van der Waals surface area contributed by atoms with Crippen molar-refractivity contribution in [3.05, 3.63) is 65.2 Å². The second-order valence-electron chi connectivity index (χ2n) is 4.87. The molecular weight excluding hydrogens is 344 g/mol. The molecule has 0 atom stereocenters. The summed E-state index contributed by atoms with van der Waals surface area (Å²) < 4.78 is 10.7. The number of aromatic hydroxyl groups is 1. The Morgan fingerprint density at radius 2 is 2.12 bits per heavy atom. The van der Waals surface area contributed by atoms with Crippen LogP contribution in [0.4, 0.5) is 0 Å². The number of carbonyl (C=O) groups excluding carboxylic acids is 1. The first kappa shape index (κ1) is 18.4. The van der Waals surface area contributed by atoms with Crippen LogP contribution in [0.2, 0.25) is 5.02 Å². The number of hydrazone groups is 1. The highest BCUT2D eigenvalue weighted by atomic mass is 35.5. The van der Waals surface area contributed by atoms with E-state index in [0.717, 1.165) is 0 Å². The second kappa shape index (κ2) is 8.75. The van der Waals surface area contributed by atoms with Crippen molar-refractivity contribution in [1.82, 2.24) is 5.43 Å². The van der Waals surface area contributed by atoms with E-state index in [1.165, 1.54) is 31.5 Å². The average Bonchev–Trinajstić information content (AvgIpc) is 2.62. The summed E-state index contributed by atoms with van der Waals surface area (Å²) in [6, 6.07) is 9.39. The highest BCUT2D eigenvalue weighted by molar-refractivity contribution is 6.31. The van der Waals surface area contributed by atoms with Gasteiger partial charge in [0.25, 0.3) is 5.91 Å². The lowest BCUT2D eigenvalue weighted by Crippen LogP contribution is -2.17. The van der Waals surface area contributed by atoms with Gasteiger partial charge in [0.05, 0.1) is 18.9 Å². The van der Waals surface area contributed by atoms with Crippen LogP contribution < -0.4 is 14.9 Å². The highest BCUT2D eigenvalue weighted by Gasteiger charge is 2.11. The van der Waals surface area contributed by atoms with Crippen LogP contribution in [0, 0.1) is 0 Å². The number of carbonyl (C=O) groups is 1. The minimum absolute atomic E-state index is 0.0374. The Bertz CT molecular complexity index is 806. The second-order valence-corrected chi connectivity index (χ2v) is 5.31. The average molecular weight is 361 g/mol. The number of ether oxygens (including phenoxy) is 2. The first-order valence-electron chi connectivity index (χ1n) is 7.28. The van der Waals surface area contributed by atoms with Gasteiger partial charge < -0.3 is 14.6 Å². The molecule has 0 aliphatic carbocycles. The van der Waals surface area contributed by atoms with Gasteiger partial charge in [-0.3, -0.25) is 4.79 Å². The molecule has 2 N–H and O–H groups in total. The van der Waals surface area contributed by atoms with Crippen LogP contribution in [0.5, 0.6) is 17.2 Å². The number of hydrogen-bond donors (Lipinski definition) is 2. The van der Waals surface area contributed by atoms with E-state index < -0.39 is 5.91 Å². The maximum absolute atomic E-state index is 12.0. The molecule has 6 nitrogen and oxygen atoms in total. The molecule has 7 heteroatoms. The smallest absolute Gasteiger partial charge is 0.275 e. The molecule has 0 radical (unpaired) electrons. The van der Waals surface area contributed by atoms with Crippen molar-refractivity contribution in [3.63, 3.8) is 0 Å². The van der Waals surface area contributed by atoms with Crippen LogP contribution in [0.1, 0.15) is 15.9 Å². The molecule has 2 aromatic rings. The van der Waals surface area contributed by atoms with Crippen molar-refractivity contribution in [1.29, 1.82) is 0 Å².